The molecule has 0 aliphatic heterocycles. The van der Waals surface area contributed by atoms with Crippen LogP contribution in [0, 0.1) is 4.64 Å². The molecule has 3 rings (SSSR count). The van der Waals surface area contributed by atoms with Crippen molar-refractivity contribution in [1.82, 2.24) is 9.97 Å². The van der Waals surface area contributed by atoms with Gasteiger partial charge in [-0.2, -0.15) is 0 Å². The smallest absolute Gasteiger partial charge is 0.133 e. The van der Waals surface area contributed by atoms with E-state index in [9.17, 15) is 0 Å². The number of nitrogens with one attached hydrogen (secondary N) is 1. The summed E-state index contributed by atoms with van der Waals surface area (Å²) >= 11 is 5.30. The molecule has 0 atom stereocenters. The number of H-pyrrole nitrogens is 1. The molecule has 19 heavy (non-hydrogen) atoms. The quantitative estimate of drug-likeness (QED) is 0.691. The summed E-state index contributed by atoms with van der Waals surface area (Å²) in [5.74, 6) is 0. The summed E-state index contributed by atoms with van der Waals surface area (Å²) in [5, 5.41) is 2.48. The minimum atomic E-state index is 0.685. The highest BCUT2D eigenvalue weighted by molar-refractivity contribution is 7.71. The van der Waals surface area contributed by atoms with Gasteiger partial charge in [-0.15, -0.1) is 0 Å². The van der Waals surface area contributed by atoms with Gasteiger partial charge in [0, 0.05) is 5.56 Å². The molecule has 1 heterocycles. The number of aromatic amines is 1. The van der Waals surface area contributed by atoms with E-state index in [1.165, 1.54) is 10.8 Å². The minimum Gasteiger partial charge on any atom is -0.346 e. The monoisotopic (exact) mass is 266 g/mol. The van der Waals surface area contributed by atoms with Crippen molar-refractivity contribution in [2.45, 2.75) is 13.3 Å². The molecule has 94 valence electrons. The predicted molar refractivity (Wildman–Crippen MR) is 81.7 cm³/mol. The molecule has 1 aromatic heterocycles. The first-order chi connectivity index (χ1) is 9.29. The van der Waals surface area contributed by atoms with Gasteiger partial charge in [-0.1, -0.05) is 55.5 Å². The van der Waals surface area contributed by atoms with Crippen LogP contribution in [0.3, 0.4) is 0 Å². The van der Waals surface area contributed by atoms with Gasteiger partial charge in [0.1, 0.15) is 4.64 Å². The molecule has 0 unspecified atom stereocenters. The van der Waals surface area contributed by atoms with Gasteiger partial charge in [0.05, 0.1) is 12.0 Å². The van der Waals surface area contributed by atoms with Crippen LogP contribution in [0.15, 0.2) is 48.8 Å². The Kier molecular flexibility index (Phi) is 3.13. The van der Waals surface area contributed by atoms with E-state index in [0.717, 1.165) is 23.2 Å². The summed E-state index contributed by atoms with van der Waals surface area (Å²) in [4.78, 5) is 7.39. The molecule has 0 fully saturated rings. The third-order valence-corrected chi connectivity index (χ3v) is 3.69. The van der Waals surface area contributed by atoms with Crippen molar-refractivity contribution in [3.05, 3.63) is 59.0 Å². The van der Waals surface area contributed by atoms with Gasteiger partial charge in [0.15, 0.2) is 0 Å². The molecule has 2 nitrogen and oxygen atoms in total. The van der Waals surface area contributed by atoms with Gasteiger partial charge in [-0.3, -0.25) is 0 Å². The Morgan fingerprint density at radius 3 is 2.68 bits per heavy atom. The fraction of sp³-hybridized carbons (Fsp3) is 0.125. The Morgan fingerprint density at radius 2 is 1.89 bits per heavy atom. The van der Waals surface area contributed by atoms with Crippen LogP contribution in [0.2, 0.25) is 0 Å². The highest BCUT2D eigenvalue weighted by Gasteiger charge is 2.07. The number of fused-ring (bicyclic) bond motifs is 1. The van der Waals surface area contributed by atoms with Crippen molar-refractivity contribution >= 4 is 23.0 Å². The Balaban J connectivity index is 2.25. The Bertz CT molecular complexity index is 790. The fourth-order valence-corrected chi connectivity index (χ4v) is 2.66. The van der Waals surface area contributed by atoms with Gasteiger partial charge in [-0.05, 0) is 28.8 Å². The SMILES string of the molecule is CCc1c(-c2ccc3ccccc3c2)[nH]cnc1=S. The van der Waals surface area contributed by atoms with Crippen LogP contribution in [0.4, 0.5) is 0 Å². The van der Waals surface area contributed by atoms with Crippen molar-refractivity contribution in [2.75, 3.05) is 0 Å². The largest absolute Gasteiger partial charge is 0.346 e. The summed E-state index contributed by atoms with van der Waals surface area (Å²) in [6, 6.07) is 14.8. The molecule has 0 spiro atoms. The van der Waals surface area contributed by atoms with Gasteiger partial charge in [0.25, 0.3) is 0 Å². The summed E-state index contributed by atoms with van der Waals surface area (Å²) in [6.45, 7) is 2.10. The Morgan fingerprint density at radius 1 is 1.11 bits per heavy atom. The topological polar surface area (TPSA) is 28.7 Å². The molecule has 3 aromatic rings. The van der Waals surface area contributed by atoms with Crippen LogP contribution in [0.1, 0.15) is 12.5 Å². The van der Waals surface area contributed by atoms with Gasteiger partial charge < -0.3 is 4.98 Å². The first-order valence-electron chi connectivity index (χ1n) is 6.35. The zero-order valence-electron chi connectivity index (χ0n) is 10.7. The third-order valence-electron chi connectivity index (χ3n) is 3.34. The summed E-state index contributed by atoms with van der Waals surface area (Å²) in [6.07, 6.45) is 2.55. The van der Waals surface area contributed by atoms with E-state index in [2.05, 4.69) is 59.4 Å². The Hall–Kier alpha value is -2.00. The first kappa shape index (κ1) is 12.1. The maximum absolute atomic E-state index is 5.30. The van der Waals surface area contributed by atoms with E-state index in [0.29, 0.717) is 4.64 Å². The third kappa shape index (κ3) is 2.17. The van der Waals surface area contributed by atoms with Gasteiger partial charge in [0.2, 0.25) is 0 Å². The maximum Gasteiger partial charge on any atom is 0.133 e. The van der Waals surface area contributed by atoms with E-state index in [1.807, 2.05) is 0 Å². The summed E-state index contributed by atoms with van der Waals surface area (Å²) in [7, 11) is 0. The number of benzene rings is 2. The molecular weight excluding hydrogens is 252 g/mol. The van der Waals surface area contributed by atoms with Crippen LogP contribution in [-0.2, 0) is 6.42 Å². The second-order valence-corrected chi connectivity index (χ2v) is 4.86. The van der Waals surface area contributed by atoms with E-state index >= 15 is 0 Å². The number of nitrogens with zero attached hydrogens (tertiary/aromatic N) is 1. The second kappa shape index (κ2) is 4.94. The molecule has 0 aliphatic rings. The van der Waals surface area contributed by atoms with Crippen molar-refractivity contribution in [2.24, 2.45) is 0 Å². The lowest BCUT2D eigenvalue weighted by Crippen LogP contribution is -1.95. The fourth-order valence-electron chi connectivity index (χ4n) is 2.36. The van der Waals surface area contributed by atoms with E-state index in [1.54, 1.807) is 6.33 Å². The number of aromatic nitrogens is 2. The molecule has 3 heteroatoms. The van der Waals surface area contributed by atoms with E-state index in [4.69, 9.17) is 12.2 Å². The van der Waals surface area contributed by atoms with Crippen LogP contribution >= 0.6 is 12.2 Å². The lowest BCUT2D eigenvalue weighted by atomic mass is 10.0. The first-order valence-corrected chi connectivity index (χ1v) is 6.76. The van der Waals surface area contributed by atoms with E-state index in [-0.39, 0.29) is 0 Å². The lowest BCUT2D eigenvalue weighted by Gasteiger charge is -2.08. The molecule has 0 saturated carbocycles. The number of hydrogen-bond donors (Lipinski definition) is 1. The highest BCUT2D eigenvalue weighted by atomic mass is 32.1. The molecule has 0 amide bonds. The zero-order chi connectivity index (χ0) is 13.2. The van der Waals surface area contributed by atoms with Gasteiger partial charge >= 0.3 is 0 Å². The highest BCUT2D eigenvalue weighted by Crippen LogP contribution is 2.25. The van der Waals surface area contributed by atoms with Crippen LogP contribution < -0.4 is 0 Å². The van der Waals surface area contributed by atoms with Crippen LogP contribution in [0.5, 0.6) is 0 Å². The standard InChI is InChI=1S/C16H14N2S/c1-2-14-15(17-10-18-16(14)19)13-8-7-11-5-3-4-6-12(11)9-13/h3-10H,2H2,1H3,(H,17,18,19). The molecule has 0 saturated heterocycles. The average molecular weight is 266 g/mol. The zero-order valence-corrected chi connectivity index (χ0v) is 11.5. The van der Waals surface area contributed by atoms with Crippen molar-refractivity contribution in [1.29, 1.82) is 0 Å². The molecule has 0 bridgehead atoms. The molecule has 1 N–H and O–H groups in total. The van der Waals surface area contributed by atoms with Gasteiger partial charge in [-0.25, -0.2) is 4.98 Å². The van der Waals surface area contributed by atoms with Crippen molar-refractivity contribution in [3.63, 3.8) is 0 Å². The van der Waals surface area contributed by atoms with E-state index < -0.39 is 0 Å². The average Bonchev–Trinajstić information content (AvgIpc) is 2.46. The second-order valence-electron chi connectivity index (χ2n) is 4.48. The minimum absolute atomic E-state index is 0.685. The normalized spacial score (nSPS) is 10.8. The molecule has 0 radical (unpaired) electrons. The molecule has 0 aliphatic carbocycles. The van der Waals surface area contributed by atoms with Crippen LogP contribution in [-0.4, -0.2) is 9.97 Å². The molecular formula is C16H14N2S. The van der Waals surface area contributed by atoms with Crippen molar-refractivity contribution < 1.29 is 0 Å². The molecule has 2 aromatic carbocycles. The lowest BCUT2D eigenvalue weighted by molar-refractivity contribution is 1.04. The maximum atomic E-state index is 5.30. The summed E-state index contributed by atoms with van der Waals surface area (Å²) in [5.41, 5.74) is 3.34. The van der Waals surface area contributed by atoms with Crippen LogP contribution in [0.25, 0.3) is 22.0 Å². The summed E-state index contributed by atoms with van der Waals surface area (Å²) < 4.78 is 0.685. The van der Waals surface area contributed by atoms with Crippen molar-refractivity contribution in [3.8, 4) is 11.3 Å². The predicted octanol–water partition coefficient (Wildman–Crippen LogP) is 4.52. The number of rotatable bonds is 2. The Labute approximate surface area is 117 Å². The number of hydrogen-bond acceptors (Lipinski definition) is 2.